The van der Waals surface area contributed by atoms with Crippen molar-refractivity contribution in [3.05, 3.63) is 104 Å². The largest absolute Gasteiger partial charge is 0.494 e. The summed E-state index contributed by atoms with van der Waals surface area (Å²) in [6.07, 6.45) is 1.42. The molecule has 4 rings (SSSR count). The minimum Gasteiger partial charge on any atom is -0.494 e. The minimum atomic E-state index is -1.23. The number of amides is 1. The van der Waals surface area contributed by atoms with Gasteiger partial charge in [-0.1, -0.05) is 57.4 Å². The fraction of sp³-hybridized carbons (Fsp3) is 0.286. The van der Waals surface area contributed by atoms with E-state index in [0.29, 0.717) is 54.5 Å². The fourth-order valence-corrected chi connectivity index (χ4v) is 4.35. The fourth-order valence-electron chi connectivity index (χ4n) is 4.09. The number of carbonyl (C=O) groups excluding carboxylic acids is 1. The molecular weight excluding hydrogens is 550 g/mol. The molecule has 9 nitrogen and oxygen atoms in total. The van der Waals surface area contributed by atoms with Gasteiger partial charge in [0, 0.05) is 46.6 Å². The zero-order valence-electron chi connectivity index (χ0n) is 20.7. The lowest BCUT2D eigenvalue weighted by atomic mass is 9.90. The highest BCUT2D eigenvalue weighted by molar-refractivity contribution is 9.10. The summed E-state index contributed by atoms with van der Waals surface area (Å²) in [5, 5.41) is 15.8. The number of rotatable bonds is 12. The smallest absolute Gasteiger partial charge is 0.251 e. The Balaban J connectivity index is 1.56. The van der Waals surface area contributed by atoms with Gasteiger partial charge in [0.15, 0.2) is 5.54 Å². The third kappa shape index (κ3) is 6.92. The van der Waals surface area contributed by atoms with E-state index in [2.05, 4.69) is 31.3 Å². The zero-order valence-corrected chi connectivity index (χ0v) is 22.3. The van der Waals surface area contributed by atoms with E-state index in [0.717, 1.165) is 10.0 Å². The topological polar surface area (TPSA) is 129 Å². The standard InChI is InChI=1S/C28H28BrN5O4/c29-23-10-6-20(7-11-23)14-15-31-27(36)28(18-22-4-1-2-5-25(22)33-34-30)19-38-26(32-28)21-8-12-24(13-9-21)37-17-3-16-35/h1-2,4-13,35H,3,14-19H2,(H,31,36)/t28-/m1/s1. The molecule has 2 N–H and O–H groups in total. The molecule has 0 spiro atoms. The molecule has 0 unspecified atom stereocenters. The number of hydrogen-bond acceptors (Lipinski definition) is 6. The van der Waals surface area contributed by atoms with Crippen molar-refractivity contribution < 1.29 is 19.4 Å². The second-order valence-electron chi connectivity index (χ2n) is 8.81. The third-order valence-electron chi connectivity index (χ3n) is 6.10. The SMILES string of the molecule is [N-]=[N+]=Nc1ccccc1C[C@]1(C(=O)NCCc2ccc(Br)cc2)COC(c2ccc(OCCCO)cc2)=N1. The van der Waals surface area contributed by atoms with Gasteiger partial charge in [-0.05, 0) is 59.5 Å². The molecule has 1 heterocycles. The second-order valence-corrected chi connectivity index (χ2v) is 9.73. The van der Waals surface area contributed by atoms with Crippen LogP contribution >= 0.6 is 15.9 Å². The van der Waals surface area contributed by atoms with E-state index in [1.165, 1.54) is 0 Å². The number of hydrogen-bond donors (Lipinski definition) is 2. The van der Waals surface area contributed by atoms with Gasteiger partial charge < -0.3 is 19.9 Å². The normalized spacial score (nSPS) is 16.2. The van der Waals surface area contributed by atoms with Gasteiger partial charge in [0.05, 0.1) is 6.61 Å². The molecule has 10 heteroatoms. The van der Waals surface area contributed by atoms with E-state index in [1.807, 2.05) is 48.5 Å². The number of aliphatic hydroxyl groups excluding tert-OH is 1. The minimum absolute atomic E-state index is 0.0474. The van der Waals surface area contributed by atoms with Gasteiger partial charge in [-0.25, -0.2) is 4.99 Å². The lowest BCUT2D eigenvalue weighted by Crippen LogP contribution is -2.49. The van der Waals surface area contributed by atoms with Crippen LogP contribution in [0.4, 0.5) is 5.69 Å². The number of nitrogens with zero attached hydrogens (tertiary/aromatic N) is 4. The molecule has 3 aromatic rings. The van der Waals surface area contributed by atoms with E-state index in [-0.39, 0.29) is 25.5 Å². The Morgan fingerprint density at radius 2 is 1.92 bits per heavy atom. The molecule has 1 aliphatic rings. The van der Waals surface area contributed by atoms with Crippen LogP contribution in [0.15, 0.2) is 87.4 Å². The average molecular weight is 578 g/mol. The van der Waals surface area contributed by atoms with Crippen molar-refractivity contribution in [3.8, 4) is 5.75 Å². The number of benzene rings is 3. The van der Waals surface area contributed by atoms with Crippen molar-refractivity contribution in [2.75, 3.05) is 26.4 Å². The molecule has 1 atom stereocenters. The van der Waals surface area contributed by atoms with Crippen LogP contribution in [0.2, 0.25) is 0 Å². The monoisotopic (exact) mass is 577 g/mol. The van der Waals surface area contributed by atoms with Gasteiger partial charge in [0.1, 0.15) is 12.4 Å². The molecule has 3 aromatic carbocycles. The molecule has 0 saturated carbocycles. The Bertz CT molecular complexity index is 1320. The first-order valence-electron chi connectivity index (χ1n) is 12.3. The average Bonchev–Trinajstić information content (AvgIpc) is 3.37. The van der Waals surface area contributed by atoms with Gasteiger partial charge in [-0.2, -0.15) is 0 Å². The predicted molar refractivity (Wildman–Crippen MR) is 149 cm³/mol. The van der Waals surface area contributed by atoms with E-state index in [4.69, 9.17) is 25.1 Å². The quantitative estimate of drug-likeness (QED) is 0.131. The van der Waals surface area contributed by atoms with Gasteiger partial charge in [0.25, 0.3) is 5.91 Å². The first kappa shape index (κ1) is 27.2. The van der Waals surface area contributed by atoms with E-state index in [1.54, 1.807) is 24.3 Å². The summed E-state index contributed by atoms with van der Waals surface area (Å²) in [7, 11) is 0. The molecule has 0 aliphatic carbocycles. The lowest BCUT2D eigenvalue weighted by Gasteiger charge is -2.24. The third-order valence-corrected chi connectivity index (χ3v) is 6.63. The number of halogens is 1. The molecule has 0 fully saturated rings. The molecule has 0 aromatic heterocycles. The highest BCUT2D eigenvalue weighted by Crippen LogP contribution is 2.31. The number of azide groups is 1. The Hall–Kier alpha value is -3.85. The molecule has 196 valence electrons. The molecule has 0 radical (unpaired) electrons. The maximum atomic E-state index is 13.6. The van der Waals surface area contributed by atoms with E-state index >= 15 is 0 Å². The summed E-state index contributed by atoms with van der Waals surface area (Å²) in [5.41, 5.74) is 10.7. The van der Waals surface area contributed by atoms with E-state index in [9.17, 15) is 4.79 Å². The molecule has 1 aliphatic heterocycles. The Morgan fingerprint density at radius 3 is 2.66 bits per heavy atom. The maximum absolute atomic E-state index is 13.6. The lowest BCUT2D eigenvalue weighted by molar-refractivity contribution is -0.126. The molecular formula is C28H28BrN5O4. The van der Waals surface area contributed by atoms with Crippen LogP contribution in [0.3, 0.4) is 0 Å². The number of aliphatic imine (C=N–C) groups is 1. The van der Waals surface area contributed by atoms with Crippen LogP contribution in [-0.2, 0) is 22.4 Å². The van der Waals surface area contributed by atoms with Gasteiger partial charge in [0.2, 0.25) is 5.90 Å². The molecule has 1 amide bonds. The Kier molecular flexibility index (Phi) is 9.37. The second kappa shape index (κ2) is 13.1. The van der Waals surface area contributed by atoms with Crippen molar-refractivity contribution >= 4 is 33.4 Å². The summed E-state index contributed by atoms with van der Waals surface area (Å²) in [4.78, 5) is 21.3. The van der Waals surface area contributed by atoms with Crippen molar-refractivity contribution in [2.24, 2.45) is 10.1 Å². The molecule has 38 heavy (non-hydrogen) atoms. The van der Waals surface area contributed by atoms with Gasteiger partial charge in [-0.15, -0.1) is 0 Å². The summed E-state index contributed by atoms with van der Waals surface area (Å²) >= 11 is 3.44. The van der Waals surface area contributed by atoms with Crippen LogP contribution in [-0.4, -0.2) is 48.8 Å². The van der Waals surface area contributed by atoms with E-state index < -0.39 is 5.54 Å². The first-order chi connectivity index (χ1) is 18.5. The summed E-state index contributed by atoms with van der Waals surface area (Å²) in [6.45, 7) is 0.969. The van der Waals surface area contributed by atoms with Crippen LogP contribution in [0.25, 0.3) is 10.4 Å². The number of ether oxygens (including phenoxy) is 2. The summed E-state index contributed by atoms with van der Waals surface area (Å²) in [5.74, 6) is 0.765. The van der Waals surface area contributed by atoms with Crippen LogP contribution < -0.4 is 10.1 Å². The van der Waals surface area contributed by atoms with Gasteiger partial charge >= 0.3 is 0 Å². The Morgan fingerprint density at radius 1 is 1.16 bits per heavy atom. The predicted octanol–water partition coefficient (Wildman–Crippen LogP) is 5.27. The van der Waals surface area contributed by atoms with Crippen molar-refractivity contribution in [2.45, 2.75) is 24.8 Å². The summed E-state index contributed by atoms with van der Waals surface area (Å²) < 4.78 is 12.6. The number of aliphatic hydroxyl groups is 1. The number of nitrogens with one attached hydrogen (secondary N) is 1. The van der Waals surface area contributed by atoms with Crippen LogP contribution in [0.5, 0.6) is 5.75 Å². The van der Waals surface area contributed by atoms with Gasteiger partial charge in [-0.3, -0.25) is 4.79 Å². The summed E-state index contributed by atoms with van der Waals surface area (Å²) in [6, 6.07) is 22.3. The first-order valence-corrected chi connectivity index (χ1v) is 13.0. The highest BCUT2D eigenvalue weighted by atomic mass is 79.9. The van der Waals surface area contributed by atoms with Crippen molar-refractivity contribution in [1.82, 2.24) is 5.32 Å². The molecule has 0 saturated heterocycles. The maximum Gasteiger partial charge on any atom is 0.251 e. The van der Waals surface area contributed by atoms with Crippen LogP contribution in [0.1, 0.15) is 23.1 Å². The molecule has 0 bridgehead atoms. The van der Waals surface area contributed by atoms with Crippen LogP contribution in [0, 0.1) is 0 Å². The van der Waals surface area contributed by atoms with Crippen molar-refractivity contribution in [3.63, 3.8) is 0 Å². The number of carbonyl (C=O) groups is 1. The zero-order chi connectivity index (χ0) is 26.8. The highest BCUT2D eigenvalue weighted by Gasteiger charge is 2.44. The Labute approximate surface area is 229 Å². The van der Waals surface area contributed by atoms with Crippen molar-refractivity contribution in [1.29, 1.82) is 0 Å².